The summed E-state index contributed by atoms with van der Waals surface area (Å²) in [6.45, 7) is 3.38. The second-order valence-corrected chi connectivity index (χ2v) is 6.49. The fraction of sp³-hybridized carbons (Fsp3) is 0.562. The topological polar surface area (TPSA) is 50.4 Å². The van der Waals surface area contributed by atoms with E-state index in [4.69, 9.17) is 4.74 Å². The average Bonchev–Trinajstić information content (AvgIpc) is 2.52. The van der Waals surface area contributed by atoms with Crippen LogP contribution in [0.15, 0.2) is 24.3 Å². The summed E-state index contributed by atoms with van der Waals surface area (Å²) in [6, 6.07) is 6.32. The van der Waals surface area contributed by atoms with Gasteiger partial charge in [-0.15, -0.1) is 0 Å². The number of benzene rings is 1. The molecule has 1 heterocycles. The Bertz CT molecular complexity index is 481. The number of hydrogen-bond acceptors (Lipinski definition) is 4. The lowest BCUT2D eigenvalue weighted by atomic mass is 10.2. The van der Waals surface area contributed by atoms with Crippen molar-refractivity contribution in [1.82, 2.24) is 10.6 Å². The lowest BCUT2D eigenvalue weighted by Crippen LogP contribution is -2.43. The SMILES string of the molecule is CCC(CNC(=O)CC1CSCCN1)Oc1cccc(F)c1. The summed E-state index contributed by atoms with van der Waals surface area (Å²) in [5, 5.41) is 6.25. The molecule has 1 amide bonds. The van der Waals surface area contributed by atoms with Crippen LogP contribution in [0.5, 0.6) is 5.75 Å². The Labute approximate surface area is 135 Å². The lowest BCUT2D eigenvalue weighted by Gasteiger charge is -2.23. The van der Waals surface area contributed by atoms with Gasteiger partial charge in [-0.05, 0) is 18.6 Å². The molecule has 6 heteroatoms. The summed E-state index contributed by atoms with van der Waals surface area (Å²) in [6.07, 6.45) is 1.08. The van der Waals surface area contributed by atoms with Crippen molar-refractivity contribution in [3.63, 3.8) is 0 Å². The zero-order valence-electron chi connectivity index (χ0n) is 12.8. The molecule has 0 aliphatic carbocycles. The van der Waals surface area contributed by atoms with Gasteiger partial charge in [0.05, 0.1) is 6.54 Å². The van der Waals surface area contributed by atoms with Crippen LogP contribution >= 0.6 is 11.8 Å². The number of rotatable bonds is 7. The zero-order chi connectivity index (χ0) is 15.8. The fourth-order valence-corrected chi connectivity index (χ4v) is 3.23. The van der Waals surface area contributed by atoms with E-state index in [0.717, 1.165) is 24.5 Å². The van der Waals surface area contributed by atoms with E-state index in [-0.39, 0.29) is 23.9 Å². The van der Waals surface area contributed by atoms with Crippen LogP contribution in [-0.2, 0) is 4.79 Å². The highest BCUT2D eigenvalue weighted by Gasteiger charge is 2.17. The van der Waals surface area contributed by atoms with E-state index < -0.39 is 0 Å². The largest absolute Gasteiger partial charge is 0.489 e. The molecular formula is C16H23FN2O2S. The van der Waals surface area contributed by atoms with Gasteiger partial charge < -0.3 is 15.4 Å². The van der Waals surface area contributed by atoms with Crippen molar-refractivity contribution in [2.24, 2.45) is 0 Å². The molecule has 0 aromatic heterocycles. The molecule has 1 aromatic carbocycles. The third-order valence-electron chi connectivity index (χ3n) is 3.51. The van der Waals surface area contributed by atoms with Gasteiger partial charge in [0.15, 0.2) is 0 Å². The summed E-state index contributed by atoms with van der Waals surface area (Å²) in [5.74, 6) is 2.28. The molecule has 122 valence electrons. The third-order valence-corrected chi connectivity index (χ3v) is 4.64. The summed E-state index contributed by atoms with van der Waals surface area (Å²) >= 11 is 1.87. The van der Waals surface area contributed by atoms with Crippen molar-refractivity contribution in [3.05, 3.63) is 30.1 Å². The van der Waals surface area contributed by atoms with Gasteiger partial charge >= 0.3 is 0 Å². The van der Waals surface area contributed by atoms with Crippen LogP contribution in [0.2, 0.25) is 0 Å². The van der Waals surface area contributed by atoms with Crippen LogP contribution in [0.1, 0.15) is 19.8 Å². The molecule has 0 spiro atoms. The minimum absolute atomic E-state index is 0.0290. The molecule has 1 fully saturated rings. The maximum Gasteiger partial charge on any atom is 0.221 e. The van der Waals surface area contributed by atoms with Crippen molar-refractivity contribution >= 4 is 17.7 Å². The van der Waals surface area contributed by atoms with Crippen LogP contribution in [0.25, 0.3) is 0 Å². The monoisotopic (exact) mass is 326 g/mol. The van der Waals surface area contributed by atoms with E-state index in [1.807, 2.05) is 18.7 Å². The second kappa shape index (κ2) is 9.00. The van der Waals surface area contributed by atoms with E-state index in [9.17, 15) is 9.18 Å². The Morgan fingerprint density at radius 1 is 1.59 bits per heavy atom. The molecule has 2 N–H and O–H groups in total. The molecule has 1 aromatic rings. The Hall–Kier alpha value is -1.27. The molecule has 22 heavy (non-hydrogen) atoms. The predicted octanol–water partition coefficient (Wildman–Crippen LogP) is 2.19. The van der Waals surface area contributed by atoms with Crippen LogP contribution in [-0.4, -0.2) is 42.6 Å². The van der Waals surface area contributed by atoms with Gasteiger partial charge in [0.25, 0.3) is 0 Å². The molecule has 0 saturated carbocycles. The second-order valence-electron chi connectivity index (χ2n) is 5.34. The normalized spacial score (nSPS) is 19.5. The number of hydrogen-bond donors (Lipinski definition) is 2. The Balaban J connectivity index is 1.74. The first-order chi connectivity index (χ1) is 10.7. The van der Waals surface area contributed by atoms with E-state index in [1.54, 1.807) is 12.1 Å². The molecule has 2 unspecified atom stereocenters. The van der Waals surface area contributed by atoms with Crippen molar-refractivity contribution < 1.29 is 13.9 Å². The molecule has 0 bridgehead atoms. The van der Waals surface area contributed by atoms with Gasteiger partial charge in [0.2, 0.25) is 5.91 Å². The van der Waals surface area contributed by atoms with Gasteiger partial charge in [0, 0.05) is 36.6 Å². The van der Waals surface area contributed by atoms with E-state index in [1.165, 1.54) is 12.1 Å². The van der Waals surface area contributed by atoms with Crippen molar-refractivity contribution in [1.29, 1.82) is 0 Å². The standard InChI is InChI=1S/C16H23FN2O2S/c1-2-14(21-15-5-3-4-12(17)8-15)10-19-16(20)9-13-11-22-7-6-18-13/h3-5,8,13-14,18H,2,6-7,9-11H2,1H3,(H,19,20). The minimum Gasteiger partial charge on any atom is -0.489 e. The van der Waals surface area contributed by atoms with Crippen molar-refractivity contribution in [3.8, 4) is 5.75 Å². The fourth-order valence-electron chi connectivity index (χ4n) is 2.28. The predicted molar refractivity (Wildman–Crippen MR) is 87.8 cm³/mol. The average molecular weight is 326 g/mol. The number of carbonyl (C=O) groups is 1. The highest BCUT2D eigenvalue weighted by molar-refractivity contribution is 7.99. The molecule has 1 saturated heterocycles. The lowest BCUT2D eigenvalue weighted by molar-refractivity contribution is -0.121. The molecule has 0 radical (unpaired) electrons. The van der Waals surface area contributed by atoms with E-state index in [0.29, 0.717) is 18.7 Å². The smallest absolute Gasteiger partial charge is 0.221 e. The van der Waals surface area contributed by atoms with Gasteiger partial charge in [-0.25, -0.2) is 4.39 Å². The highest BCUT2D eigenvalue weighted by Crippen LogP contribution is 2.15. The molecule has 2 rings (SSSR count). The number of carbonyl (C=O) groups excluding carboxylic acids is 1. The highest BCUT2D eigenvalue weighted by atomic mass is 32.2. The maximum atomic E-state index is 13.1. The van der Waals surface area contributed by atoms with E-state index in [2.05, 4.69) is 10.6 Å². The summed E-state index contributed by atoms with van der Waals surface area (Å²) < 4.78 is 18.8. The summed E-state index contributed by atoms with van der Waals surface area (Å²) in [5.41, 5.74) is 0. The minimum atomic E-state index is -0.322. The molecule has 1 aliphatic rings. The number of ether oxygens (including phenoxy) is 1. The zero-order valence-corrected chi connectivity index (χ0v) is 13.6. The van der Waals surface area contributed by atoms with Gasteiger partial charge in [-0.3, -0.25) is 4.79 Å². The number of nitrogens with one attached hydrogen (secondary N) is 2. The Kier molecular flexibility index (Phi) is 6.99. The van der Waals surface area contributed by atoms with E-state index >= 15 is 0 Å². The molecule has 1 aliphatic heterocycles. The summed E-state index contributed by atoms with van der Waals surface area (Å²) in [4.78, 5) is 12.0. The molecular weight excluding hydrogens is 303 g/mol. The summed E-state index contributed by atoms with van der Waals surface area (Å²) in [7, 11) is 0. The Morgan fingerprint density at radius 3 is 3.14 bits per heavy atom. The first-order valence-electron chi connectivity index (χ1n) is 7.67. The van der Waals surface area contributed by atoms with Gasteiger partial charge in [0.1, 0.15) is 17.7 Å². The number of amides is 1. The Morgan fingerprint density at radius 2 is 2.45 bits per heavy atom. The van der Waals surface area contributed by atoms with Crippen molar-refractivity contribution in [2.75, 3.05) is 24.6 Å². The van der Waals surface area contributed by atoms with Crippen LogP contribution in [0.4, 0.5) is 4.39 Å². The van der Waals surface area contributed by atoms with Crippen LogP contribution in [0.3, 0.4) is 0 Å². The van der Waals surface area contributed by atoms with Crippen LogP contribution < -0.4 is 15.4 Å². The third kappa shape index (κ3) is 5.85. The van der Waals surface area contributed by atoms with Gasteiger partial charge in [-0.1, -0.05) is 13.0 Å². The maximum absolute atomic E-state index is 13.1. The quantitative estimate of drug-likeness (QED) is 0.806. The number of thioether (sulfide) groups is 1. The molecule has 4 nitrogen and oxygen atoms in total. The van der Waals surface area contributed by atoms with Crippen LogP contribution in [0, 0.1) is 5.82 Å². The van der Waals surface area contributed by atoms with Gasteiger partial charge in [-0.2, -0.15) is 11.8 Å². The number of halogens is 1. The first kappa shape index (κ1) is 17.1. The van der Waals surface area contributed by atoms with Crippen molar-refractivity contribution in [2.45, 2.75) is 31.9 Å². The molecule has 2 atom stereocenters. The first-order valence-corrected chi connectivity index (χ1v) is 8.83.